The summed E-state index contributed by atoms with van der Waals surface area (Å²) in [5.74, 6) is -5.59. The average Bonchev–Trinajstić information content (AvgIpc) is 3.25. The zero-order valence-electron chi connectivity index (χ0n) is 16.7. The number of amides is 1. The zero-order chi connectivity index (χ0) is 21.7. The highest BCUT2D eigenvalue weighted by Gasteiger charge is 2.62. The number of hydrogen-bond acceptors (Lipinski definition) is 6. The van der Waals surface area contributed by atoms with E-state index in [1.807, 2.05) is 5.32 Å². The van der Waals surface area contributed by atoms with Crippen molar-refractivity contribution in [1.82, 2.24) is 15.8 Å². The van der Waals surface area contributed by atoms with Crippen LogP contribution in [-0.2, 0) is 14.4 Å². The van der Waals surface area contributed by atoms with Crippen molar-refractivity contribution in [2.24, 2.45) is 17.8 Å². The van der Waals surface area contributed by atoms with Crippen molar-refractivity contribution in [2.75, 3.05) is 6.54 Å². The Morgan fingerprint density at radius 2 is 1.53 bits per heavy atom. The molecule has 7 nitrogen and oxygen atoms in total. The highest BCUT2D eigenvalue weighted by Crippen LogP contribution is 2.42. The molecule has 0 aromatic heterocycles. The quantitative estimate of drug-likeness (QED) is 0.462. The largest absolute Gasteiger partial charge is 0.406 e. The van der Waals surface area contributed by atoms with E-state index in [0.29, 0.717) is 25.7 Å². The van der Waals surface area contributed by atoms with Gasteiger partial charge >= 0.3 is 6.18 Å². The van der Waals surface area contributed by atoms with E-state index in [9.17, 15) is 32.7 Å². The number of aliphatic hydroxyl groups is 1. The Labute approximate surface area is 172 Å². The van der Waals surface area contributed by atoms with Gasteiger partial charge in [0.2, 0.25) is 5.91 Å². The minimum atomic E-state index is -4.68. The molecule has 168 valence electrons. The second-order valence-electron chi connectivity index (χ2n) is 9.08. The SMILES string of the molecule is O=C(NC1(O)C(=O)C2CCCCC2C1=O)C1CNN(C2CCCCC2)C1C(F)(F)F. The number of ketones is 2. The predicted octanol–water partition coefficient (Wildman–Crippen LogP) is 1.45. The van der Waals surface area contributed by atoms with Crippen LogP contribution in [0.5, 0.6) is 0 Å². The van der Waals surface area contributed by atoms with Crippen molar-refractivity contribution in [1.29, 1.82) is 0 Å². The van der Waals surface area contributed by atoms with E-state index in [1.54, 1.807) is 0 Å². The number of fused-ring (bicyclic) bond motifs is 1. The average molecular weight is 431 g/mol. The maximum absolute atomic E-state index is 13.9. The summed E-state index contributed by atoms with van der Waals surface area (Å²) < 4.78 is 41.8. The van der Waals surface area contributed by atoms with Crippen molar-refractivity contribution in [3.8, 4) is 0 Å². The molecular weight excluding hydrogens is 403 g/mol. The van der Waals surface area contributed by atoms with Gasteiger partial charge in [0, 0.05) is 24.4 Å². The van der Waals surface area contributed by atoms with Crippen LogP contribution in [0.1, 0.15) is 57.8 Å². The van der Waals surface area contributed by atoms with Gasteiger partial charge in [-0.15, -0.1) is 0 Å². The van der Waals surface area contributed by atoms with Crippen molar-refractivity contribution in [2.45, 2.75) is 81.8 Å². The Kier molecular flexibility index (Phi) is 5.69. The lowest BCUT2D eigenvalue weighted by molar-refractivity contribution is -0.199. The molecule has 1 amide bonds. The third-order valence-electron chi connectivity index (χ3n) is 7.27. The van der Waals surface area contributed by atoms with E-state index in [4.69, 9.17) is 0 Å². The van der Waals surface area contributed by atoms with Gasteiger partial charge in [-0.1, -0.05) is 32.1 Å². The van der Waals surface area contributed by atoms with Crippen LogP contribution in [0.25, 0.3) is 0 Å². The maximum Gasteiger partial charge on any atom is 0.406 e. The van der Waals surface area contributed by atoms with Crippen molar-refractivity contribution < 1.29 is 32.7 Å². The van der Waals surface area contributed by atoms with Crippen LogP contribution in [0.3, 0.4) is 0 Å². The van der Waals surface area contributed by atoms with Crippen molar-refractivity contribution in [3.05, 3.63) is 0 Å². The minimum absolute atomic E-state index is 0.266. The van der Waals surface area contributed by atoms with Gasteiger partial charge in [-0.05, 0) is 25.7 Å². The first kappa shape index (κ1) is 21.7. The number of carbonyl (C=O) groups excluding carboxylic acids is 3. The van der Waals surface area contributed by atoms with E-state index in [2.05, 4.69) is 5.43 Å². The molecule has 1 saturated heterocycles. The number of hydrogen-bond donors (Lipinski definition) is 3. The summed E-state index contributed by atoms with van der Waals surface area (Å²) in [5.41, 5.74) is 0.00761. The fourth-order valence-corrected chi connectivity index (χ4v) is 5.76. The fraction of sp³-hybridized carbons (Fsp3) is 0.850. The first-order valence-electron chi connectivity index (χ1n) is 10.9. The Bertz CT molecular complexity index is 699. The van der Waals surface area contributed by atoms with Crippen LogP contribution >= 0.6 is 0 Å². The standard InChI is InChI=1S/C20H28F3N3O4/c21-20(22,23)15-14(10-24-26(15)11-6-2-1-3-7-11)18(29)25-19(30)16(27)12-8-4-5-9-13(12)17(19)28/h11-15,24,30H,1-10H2,(H,25,29). The molecule has 0 spiro atoms. The van der Waals surface area contributed by atoms with E-state index in [-0.39, 0.29) is 12.6 Å². The van der Waals surface area contributed by atoms with E-state index < -0.39 is 53.2 Å². The number of nitrogens with zero attached hydrogens (tertiary/aromatic N) is 1. The lowest BCUT2D eigenvalue weighted by Crippen LogP contribution is -2.61. The monoisotopic (exact) mass is 431 g/mol. The van der Waals surface area contributed by atoms with Gasteiger partial charge < -0.3 is 10.4 Å². The lowest BCUT2D eigenvalue weighted by Gasteiger charge is -2.37. The third kappa shape index (κ3) is 3.56. The van der Waals surface area contributed by atoms with Gasteiger partial charge in [0.1, 0.15) is 6.04 Å². The minimum Gasteiger partial charge on any atom is -0.359 e. The maximum atomic E-state index is 13.9. The Morgan fingerprint density at radius 1 is 1.00 bits per heavy atom. The molecule has 4 rings (SSSR count). The van der Waals surface area contributed by atoms with Crippen molar-refractivity contribution >= 4 is 17.5 Å². The molecule has 1 aliphatic heterocycles. The first-order chi connectivity index (χ1) is 14.1. The molecule has 4 aliphatic rings. The molecule has 3 saturated carbocycles. The van der Waals surface area contributed by atoms with Gasteiger partial charge in [0.25, 0.3) is 5.72 Å². The zero-order valence-corrected chi connectivity index (χ0v) is 16.7. The molecule has 4 atom stereocenters. The number of hydrazine groups is 1. The second-order valence-corrected chi connectivity index (χ2v) is 9.08. The van der Waals surface area contributed by atoms with Crippen LogP contribution in [0.2, 0.25) is 0 Å². The summed E-state index contributed by atoms with van der Waals surface area (Å²) >= 11 is 0. The first-order valence-corrected chi connectivity index (χ1v) is 10.9. The highest BCUT2D eigenvalue weighted by atomic mass is 19.4. The number of carbonyl (C=O) groups is 3. The van der Waals surface area contributed by atoms with Crippen molar-refractivity contribution in [3.63, 3.8) is 0 Å². The van der Waals surface area contributed by atoms with Crippen LogP contribution in [-0.4, -0.2) is 58.1 Å². The molecule has 0 bridgehead atoms. The van der Waals surface area contributed by atoms with Crippen LogP contribution < -0.4 is 10.7 Å². The summed E-state index contributed by atoms with van der Waals surface area (Å²) in [6.45, 7) is -0.266. The summed E-state index contributed by atoms with van der Waals surface area (Å²) in [7, 11) is 0. The van der Waals surface area contributed by atoms with Crippen LogP contribution in [0, 0.1) is 17.8 Å². The number of alkyl halides is 3. The van der Waals surface area contributed by atoms with Gasteiger partial charge in [0.05, 0.1) is 5.92 Å². The lowest BCUT2D eigenvalue weighted by atomic mass is 9.81. The molecule has 1 heterocycles. The molecule has 4 fully saturated rings. The smallest absolute Gasteiger partial charge is 0.359 e. The molecule has 4 unspecified atom stereocenters. The Morgan fingerprint density at radius 3 is 2.07 bits per heavy atom. The van der Waals surface area contributed by atoms with E-state index in [1.165, 1.54) is 0 Å². The number of halogens is 3. The summed E-state index contributed by atoms with van der Waals surface area (Å²) in [4.78, 5) is 38.2. The molecule has 3 N–H and O–H groups in total. The molecule has 30 heavy (non-hydrogen) atoms. The number of Topliss-reactive ketones (excluding diaryl/α,β-unsaturated/α-hetero) is 2. The normalized spacial score (nSPS) is 38.7. The molecule has 0 aromatic rings. The Balaban J connectivity index is 1.53. The number of nitrogens with one attached hydrogen (secondary N) is 2. The topological polar surface area (TPSA) is 98.7 Å². The summed E-state index contributed by atoms with van der Waals surface area (Å²) in [6.07, 6.45) is 1.54. The predicted molar refractivity (Wildman–Crippen MR) is 98.6 cm³/mol. The van der Waals surface area contributed by atoms with Gasteiger partial charge in [-0.2, -0.15) is 13.2 Å². The Hall–Kier alpha value is -1.52. The summed E-state index contributed by atoms with van der Waals surface area (Å²) in [6, 6.07) is -2.40. The molecular formula is C20H28F3N3O4. The van der Waals surface area contributed by atoms with Gasteiger partial charge in [0.15, 0.2) is 11.6 Å². The molecule has 0 aromatic carbocycles. The van der Waals surface area contributed by atoms with Crippen LogP contribution in [0.4, 0.5) is 13.2 Å². The highest BCUT2D eigenvalue weighted by molar-refractivity contribution is 6.19. The van der Waals surface area contributed by atoms with Gasteiger partial charge in [-0.25, -0.2) is 5.01 Å². The molecule has 0 radical (unpaired) electrons. The fourth-order valence-electron chi connectivity index (χ4n) is 5.76. The van der Waals surface area contributed by atoms with Crippen LogP contribution in [0.15, 0.2) is 0 Å². The molecule has 3 aliphatic carbocycles. The second kappa shape index (κ2) is 7.87. The molecule has 10 heteroatoms. The van der Waals surface area contributed by atoms with E-state index in [0.717, 1.165) is 37.1 Å². The number of rotatable bonds is 3. The van der Waals surface area contributed by atoms with E-state index >= 15 is 0 Å². The summed E-state index contributed by atoms with van der Waals surface area (Å²) in [5, 5.41) is 13.9. The van der Waals surface area contributed by atoms with Gasteiger partial charge in [-0.3, -0.25) is 19.8 Å². The third-order valence-corrected chi connectivity index (χ3v) is 7.27.